The molecule has 2 rings (SSSR count). The van der Waals surface area contributed by atoms with Gasteiger partial charge in [-0.2, -0.15) is 0 Å². The Morgan fingerprint density at radius 3 is 2.35 bits per heavy atom. The summed E-state index contributed by atoms with van der Waals surface area (Å²) in [6.07, 6.45) is 7.25. The third-order valence-corrected chi connectivity index (χ3v) is 4.34. The van der Waals surface area contributed by atoms with Gasteiger partial charge in [-0.15, -0.1) is 0 Å². The zero-order valence-corrected chi connectivity index (χ0v) is 16.0. The largest absolute Gasteiger partial charge is 0.444 e. The molecule has 7 heteroatoms. The summed E-state index contributed by atoms with van der Waals surface area (Å²) in [5.41, 5.74) is -0.547. The van der Waals surface area contributed by atoms with Crippen LogP contribution in [-0.4, -0.2) is 54.1 Å². The standard InChI is InChI=1S/C19H31N3O4/c1-19(2,3)26-18(25)20-11-8-17(24)22-12-9-15(10-13-22)21-16(23)7-6-14-4-5-14/h6-7,14-15H,4-5,8-13H2,1-3H3,(H,20,25)(H,21,23)/b7-6+. The third kappa shape index (κ3) is 7.89. The topological polar surface area (TPSA) is 87.7 Å². The highest BCUT2D eigenvalue weighted by atomic mass is 16.6. The van der Waals surface area contributed by atoms with E-state index in [2.05, 4.69) is 10.6 Å². The molecule has 0 aromatic heterocycles. The monoisotopic (exact) mass is 365 g/mol. The number of alkyl carbamates (subject to hydrolysis) is 1. The number of allylic oxidation sites excluding steroid dienone is 1. The summed E-state index contributed by atoms with van der Waals surface area (Å²) in [7, 11) is 0. The number of nitrogens with one attached hydrogen (secondary N) is 2. The van der Waals surface area contributed by atoms with Crippen LogP contribution in [0.1, 0.15) is 52.9 Å². The molecule has 0 bridgehead atoms. The van der Waals surface area contributed by atoms with Crippen molar-refractivity contribution in [1.29, 1.82) is 0 Å². The summed E-state index contributed by atoms with van der Waals surface area (Å²) < 4.78 is 5.13. The van der Waals surface area contributed by atoms with Crippen LogP contribution in [0.5, 0.6) is 0 Å². The van der Waals surface area contributed by atoms with Crippen molar-refractivity contribution in [3.8, 4) is 0 Å². The molecule has 0 atom stereocenters. The molecule has 0 unspecified atom stereocenters. The summed E-state index contributed by atoms with van der Waals surface area (Å²) >= 11 is 0. The highest BCUT2D eigenvalue weighted by Gasteiger charge is 2.24. The van der Waals surface area contributed by atoms with E-state index in [-0.39, 0.29) is 30.8 Å². The molecule has 1 aliphatic heterocycles. The first kappa shape index (κ1) is 20.3. The Labute approximate surface area is 155 Å². The lowest BCUT2D eigenvalue weighted by Gasteiger charge is -2.32. The Hall–Kier alpha value is -2.05. The van der Waals surface area contributed by atoms with E-state index in [4.69, 9.17) is 4.74 Å². The Morgan fingerprint density at radius 2 is 1.77 bits per heavy atom. The zero-order chi connectivity index (χ0) is 19.2. The van der Waals surface area contributed by atoms with Crippen molar-refractivity contribution >= 4 is 17.9 Å². The maximum atomic E-state index is 12.2. The maximum absolute atomic E-state index is 12.2. The molecular formula is C19H31N3O4. The van der Waals surface area contributed by atoms with Crippen LogP contribution in [0, 0.1) is 5.92 Å². The summed E-state index contributed by atoms with van der Waals surface area (Å²) in [5, 5.41) is 5.60. The number of hydrogen-bond acceptors (Lipinski definition) is 4. The molecule has 0 radical (unpaired) electrons. The second kappa shape index (κ2) is 9.05. The molecule has 26 heavy (non-hydrogen) atoms. The number of ether oxygens (including phenoxy) is 1. The summed E-state index contributed by atoms with van der Waals surface area (Å²) in [5.74, 6) is 0.567. The molecule has 0 aromatic carbocycles. The van der Waals surface area contributed by atoms with Crippen LogP contribution in [0.25, 0.3) is 0 Å². The Balaban J connectivity index is 1.60. The van der Waals surface area contributed by atoms with Gasteiger partial charge >= 0.3 is 6.09 Å². The predicted molar refractivity (Wildman–Crippen MR) is 98.5 cm³/mol. The molecule has 7 nitrogen and oxygen atoms in total. The summed E-state index contributed by atoms with van der Waals surface area (Å²) in [6, 6.07) is 0.121. The van der Waals surface area contributed by atoms with Crippen molar-refractivity contribution in [3.05, 3.63) is 12.2 Å². The van der Waals surface area contributed by atoms with Crippen LogP contribution in [0.2, 0.25) is 0 Å². The number of likely N-dealkylation sites (tertiary alicyclic amines) is 1. The molecule has 2 N–H and O–H groups in total. The van der Waals surface area contributed by atoms with E-state index in [9.17, 15) is 14.4 Å². The van der Waals surface area contributed by atoms with Gasteiger partial charge in [-0.25, -0.2) is 4.79 Å². The van der Waals surface area contributed by atoms with Crippen LogP contribution in [-0.2, 0) is 14.3 Å². The fourth-order valence-corrected chi connectivity index (χ4v) is 2.78. The maximum Gasteiger partial charge on any atom is 0.407 e. The molecule has 0 spiro atoms. The fraction of sp³-hybridized carbons (Fsp3) is 0.737. The second-order valence-electron chi connectivity index (χ2n) is 8.04. The van der Waals surface area contributed by atoms with Gasteiger partial charge in [-0.3, -0.25) is 9.59 Å². The second-order valence-corrected chi connectivity index (χ2v) is 8.04. The van der Waals surface area contributed by atoms with E-state index < -0.39 is 11.7 Å². The minimum atomic E-state index is -0.547. The Kier molecular flexibility index (Phi) is 7.06. The molecule has 3 amide bonds. The van der Waals surface area contributed by atoms with Gasteiger partial charge in [0.1, 0.15) is 5.60 Å². The Morgan fingerprint density at radius 1 is 1.12 bits per heavy atom. The van der Waals surface area contributed by atoms with Gasteiger partial charge in [0.15, 0.2) is 0 Å². The fourth-order valence-electron chi connectivity index (χ4n) is 2.78. The van der Waals surface area contributed by atoms with Gasteiger partial charge in [-0.05, 0) is 58.4 Å². The number of nitrogens with zero attached hydrogens (tertiary/aromatic N) is 1. The number of piperidine rings is 1. The van der Waals surface area contributed by atoms with Crippen molar-refractivity contribution < 1.29 is 19.1 Å². The first-order chi connectivity index (χ1) is 12.2. The summed E-state index contributed by atoms with van der Waals surface area (Å²) in [6.45, 7) is 6.90. The number of rotatable bonds is 6. The van der Waals surface area contributed by atoms with Crippen molar-refractivity contribution in [2.45, 2.75) is 64.5 Å². The van der Waals surface area contributed by atoms with E-state index in [0.717, 1.165) is 12.8 Å². The highest BCUT2D eigenvalue weighted by molar-refractivity contribution is 5.87. The van der Waals surface area contributed by atoms with Crippen molar-refractivity contribution in [2.24, 2.45) is 5.92 Å². The molecular weight excluding hydrogens is 334 g/mol. The molecule has 1 heterocycles. The van der Waals surface area contributed by atoms with Gasteiger partial charge < -0.3 is 20.3 Å². The zero-order valence-electron chi connectivity index (χ0n) is 16.0. The first-order valence-electron chi connectivity index (χ1n) is 9.46. The van der Waals surface area contributed by atoms with Crippen LogP contribution in [0.4, 0.5) is 4.79 Å². The van der Waals surface area contributed by atoms with Crippen molar-refractivity contribution in [2.75, 3.05) is 19.6 Å². The lowest BCUT2D eigenvalue weighted by molar-refractivity contribution is -0.132. The van der Waals surface area contributed by atoms with Crippen LogP contribution < -0.4 is 10.6 Å². The van der Waals surface area contributed by atoms with E-state index in [1.807, 2.05) is 6.08 Å². The minimum absolute atomic E-state index is 0.0134. The lowest BCUT2D eigenvalue weighted by atomic mass is 10.0. The molecule has 146 valence electrons. The van der Waals surface area contributed by atoms with Crippen LogP contribution >= 0.6 is 0 Å². The predicted octanol–water partition coefficient (Wildman–Crippen LogP) is 1.97. The summed E-state index contributed by atoms with van der Waals surface area (Å²) in [4.78, 5) is 37.4. The molecule has 0 aromatic rings. The van der Waals surface area contributed by atoms with Crippen LogP contribution in [0.15, 0.2) is 12.2 Å². The van der Waals surface area contributed by atoms with Gasteiger partial charge in [0.05, 0.1) is 0 Å². The molecule has 1 aliphatic carbocycles. The molecule has 1 saturated heterocycles. The lowest BCUT2D eigenvalue weighted by Crippen LogP contribution is -2.46. The minimum Gasteiger partial charge on any atom is -0.444 e. The quantitative estimate of drug-likeness (QED) is 0.705. The number of carbonyl (C=O) groups excluding carboxylic acids is 3. The van der Waals surface area contributed by atoms with Crippen molar-refractivity contribution in [1.82, 2.24) is 15.5 Å². The van der Waals surface area contributed by atoms with Gasteiger partial charge in [0, 0.05) is 32.1 Å². The normalized spacial score (nSPS) is 18.7. The van der Waals surface area contributed by atoms with E-state index in [1.165, 1.54) is 12.8 Å². The van der Waals surface area contributed by atoms with E-state index in [1.54, 1.807) is 31.7 Å². The molecule has 2 aliphatic rings. The van der Waals surface area contributed by atoms with Crippen molar-refractivity contribution in [3.63, 3.8) is 0 Å². The Bertz CT molecular complexity index is 541. The molecule has 1 saturated carbocycles. The SMILES string of the molecule is CC(C)(C)OC(=O)NCCC(=O)N1CCC(NC(=O)/C=C/C2CC2)CC1. The van der Waals surface area contributed by atoms with Crippen LogP contribution in [0.3, 0.4) is 0 Å². The number of hydrogen-bond donors (Lipinski definition) is 2. The average molecular weight is 365 g/mol. The number of carbonyl (C=O) groups is 3. The van der Waals surface area contributed by atoms with Gasteiger partial charge in [0.2, 0.25) is 11.8 Å². The van der Waals surface area contributed by atoms with E-state index in [0.29, 0.717) is 19.0 Å². The smallest absolute Gasteiger partial charge is 0.407 e. The molecule has 2 fully saturated rings. The third-order valence-electron chi connectivity index (χ3n) is 4.34. The average Bonchev–Trinajstić information content (AvgIpc) is 3.36. The van der Waals surface area contributed by atoms with E-state index >= 15 is 0 Å². The van der Waals surface area contributed by atoms with Gasteiger partial charge in [-0.1, -0.05) is 6.08 Å². The van der Waals surface area contributed by atoms with Gasteiger partial charge in [0.25, 0.3) is 0 Å². The first-order valence-corrected chi connectivity index (χ1v) is 9.46. The number of amides is 3. The highest BCUT2D eigenvalue weighted by Crippen LogP contribution is 2.29.